The number of aromatic nitrogens is 2. The van der Waals surface area contributed by atoms with Gasteiger partial charge in [-0.05, 0) is 6.42 Å². The van der Waals surface area contributed by atoms with E-state index in [2.05, 4.69) is 9.97 Å². The van der Waals surface area contributed by atoms with Gasteiger partial charge in [-0.1, -0.05) is 18.5 Å². The van der Waals surface area contributed by atoms with E-state index < -0.39 is 5.97 Å². The maximum Gasteiger partial charge on any atom is 0.354 e. The van der Waals surface area contributed by atoms with Crippen LogP contribution in [0.25, 0.3) is 0 Å². The molecule has 64 valence electrons. The zero-order chi connectivity index (χ0) is 9.14. The molecule has 12 heavy (non-hydrogen) atoms. The summed E-state index contributed by atoms with van der Waals surface area (Å²) in [5.41, 5.74) is 0.462. The first-order valence-electron chi connectivity index (χ1n) is 3.39. The van der Waals surface area contributed by atoms with Crippen molar-refractivity contribution in [1.82, 2.24) is 9.97 Å². The number of carboxylic acids is 1. The van der Waals surface area contributed by atoms with E-state index in [9.17, 15) is 4.79 Å². The number of rotatable bonds is 2. The van der Waals surface area contributed by atoms with Crippen molar-refractivity contribution in [3.63, 3.8) is 0 Å². The molecule has 0 fully saturated rings. The Morgan fingerprint density at radius 2 is 2.33 bits per heavy atom. The van der Waals surface area contributed by atoms with Gasteiger partial charge in [-0.2, -0.15) is 0 Å². The van der Waals surface area contributed by atoms with Crippen LogP contribution in [0.3, 0.4) is 0 Å². The SMILES string of the molecule is CCc1c(Cl)ncnc1C(=O)O. The number of hydrogen-bond donors (Lipinski definition) is 1. The lowest BCUT2D eigenvalue weighted by Gasteiger charge is -2.01. The van der Waals surface area contributed by atoms with Gasteiger partial charge in [0.25, 0.3) is 0 Å². The van der Waals surface area contributed by atoms with Gasteiger partial charge >= 0.3 is 5.97 Å². The Hall–Kier alpha value is -1.16. The molecule has 0 saturated carbocycles. The van der Waals surface area contributed by atoms with Crippen molar-refractivity contribution < 1.29 is 9.90 Å². The third kappa shape index (κ3) is 1.53. The van der Waals surface area contributed by atoms with Crippen LogP contribution in [0, 0.1) is 0 Å². The molecule has 0 radical (unpaired) electrons. The molecule has 0 aliphatic rings. The first-order valence-corrected chi connectivity index (χ1v) is 3.77. The van der Waals surface area contributed by atoms with Crippen molar-refractivity contribution in [1.29, 1.82) is 0 Å². The van der Waals surface area contributed by atoms with E-state index in [0.717, 1.165) is 6.33 Å². The van der Waals surface area contributed by atoms with Crippen LogP contribution in [0.5, 0.6) is 0 Å². The van der Waals surface area contributed by atoms with Gasteiger partial charge in [0, 0.05) is 5.56 Å². The van der Waals surface area contributed by atoms with Gasteiger partial charge in [-0.15, -0.1) is 0 Å². The summed E-state index contributed by atoms with van der Waals surface area (Å²) in [6.45, 7) is 1.80. The number of carboxylic acid groups (broad SMARTS) is 1. The normalized spacial score (nSPS) is 9.83. The first-order chi connectivity index (χ1) is 5.66. The molecule has 0 unspecified atom stereocenters. The van der Waals surface area contributed by atoms with Gasteiger partial charge < -0.3 is 5.11 Å². The number of aromatic carboxylic acids is 1. The summed E-state index contributed by atoms with van der Waals surface area (Å²) >= 11 is 5.66. The Labute approximate surface area is 74.2 Å². The predicted octanol–water partition coefficient (Wildman–Crippen LogP) is 1.39. The van der Waals surface area contributed by atoms with Crippen LogP contribution < -0.4 is 0 Å². The second-order valence-corrected chi connectivity index (χ2v) is 2.51. The Morgan fingerprint density at radius 1 is 1.67 bits per heavy atom. The lowest BCUT2D eigenvalue weighted by Crippen LogP contribution is -2.06. The zero-order valence-electron chi connectivity index (χ0n) is 6.41. The molecule has 1 heterocycles. The third-order valence-corrected chi connectivity index (χ3v) is 1.77. The van der Waals surface area contributed by atoms with Crippen LogP contribution in [0.4, 0.5) is 0 Å². The molecular weight excluding hydrogens is 180 g/mol. The molecule has 1 aromatic rings. The quantitative estimate of drug-likeness (QED) is 0.709. The second-order valence-electron chi connectivity index (χ2n) is 2.15. The van der Waals surface area contributed by atoms with E-state index >= 15 is 0 Å². The number of halogens is 1. The average molecular weight is 187 g/mol. The molecule has 1 aromatic heterocycles. The molecule has 5 heteroatoms. The number of carbonyl (C=O) groups is 1. The molecule has 0 aliphatic carbocycles. The van der Waals surface area contributed by atoms with Crippen molar-refractivity contribution >= 4 is 17.6 Å². The van der Waals surface area contributed by atoms with Gasteiger partial charge in [-0.25, -0.2) is 14.8 Å². The summed E-state index contributed by atoms with van der Waals surface area (Å²) in [6.07, 6.45) is 1.66. The Kier molecular flexibility index (Phi) is 2.60. The Balaban J connectivity index is 3.27. The second kappa shape index (κ2) is 3.49. The lowest BCUT2D eigenvalue weighted by molar-refractivity contribution is 0.0689. The summed E-state index contributed by atoms with van der Waals surface area (Å²) < 4.78 is 0. The number of nitrogens with zero attached hydrogens (tertiary/aromatic N) is 2. The maximum atomic E-state index is 10.6. The van der Waals surface area contributed by atoms with Crippen LogP contribution in [0.1, 0.15) is 23.0 Å². The molecule has 0 atom stereocenters. The Morgan fingerprint density at radius 3 is 2.75 bits per heavy atom. The Bertz CT molecular complexity index is 314. The minimum absolute atomic E-state index is 0.0162. The molecule has 0 aliphatic heterocycles. The zero-order valence-corrected chi connectivity index (χ0v) is 7.17. The first kappa shape index (κ1) is 8.93. The fraction of sp³-hybridized carbons (Fsp3) is 0.286. The van der Waals surface area contributed by atoms with Crippen molar-refractivity contribution in [2.75, 3.05) is 0 Å². The highest BCUT2D eigenvalue weighted by molar-refractivity contribution is 6.30. The largest absolute Gasteiger partial charge is 0.476 e. The van der Waals surface area contributed by atoms with Crippen LogP contribution in [-0.4, -0.2) is 21.0 Å². The van der Waals surface area contributed by atoms with Gasteiger partial charge in [0.1, 0.15) is 11.5 Å². The van der Waals surface area contributed by atoms with E-state index in [-0.39, 0.29) is 10.8 Å². The van der Waals surface area contributed by atoms with Gasteiger partial charge in [0.2, 0.25) is 0 Å². The fourth-order valence-electron chi connectivity index (χ4n) is 0.888. The van der Waals surface area contributed by atoms with Crippen LogP contribution in [0.15, 0.2) is 6.33 Å². The van der Waals surface area contributed by atoms with E-state index in [1.54, 1.807) is 6.92 Å². The smallest absolute Gasteiger partial charge is 0.354 e. The molecule has 0 amide bonds. The van der Waals surface area contributed by atoms with Crippen molar-refractivity contribution in [3.8, 4) is 0 Å². The maximum absolute atomic E-state index is 10.6. The van der Waals surface area contributed by atoms with Gasteiger partial charge in [0.05, 0.1) is 0 Å². The van der Waals surface area contributed by atoms with Crippen LogP contribution in [-0.2, 0) is 6.42 Å². The van der Waals surface area contributed by atoms with Gasteiger partial charge in [-0.3, -0.25) is 0 Å². The highest BCUT2D eigenvalue weighted by Gasteiger charge is 2.13. The van der Waals surface area contributed by atoms with Crippen LogP contribution >= 0.6 is 11.6 Å². The monoisotopic (exact) mass is 186 g/mol. The molecule has 1 N–H and O–H groups in total. The molecule has 0 aromatic carbocycles. The van der Waals surface area contributed by atoms with E-state index in [1.807, 2.05) is 0 Å². The molecular formula is C7H7ClN2O2. The van der Waals surface area contributed by atoms with E-state index in [0.29, 0.717) is 12.0 Å². The standard InChI is InChI=1S/C7H7ClN2O2/c1-2-4-5(7(11)12)9-3-10-6(4)8/h3H,2H2,1H3,(H,11,12). The van der Waals surface area contributed by atoms with Gasteiger partial charge in [0.15, 0.2) is 5.69 Å². The summed E-state index contributed by atoms with van der Waals surface area (Å²) in [5.74, 6) is -1.07. The molecule has 1 rings (SSSR count). The summed E-state index contributed by atoms with van der Waals surface area (Å²) in [6, 6.07) is 0. The van der Waals surface area contributed by atoms with Crippen molar-refractivity contribution in [2.45, 2.75) is 13.3 Å². The average Bonchev–Trinajstić information content (AvgIpc) is 2.03. The summed E-state index contributed by atoms with van der Waals surface area (Å²) in [5, 5.41) is 8.89. The third-order valence-electron chi connectivity index (χ3n) is 1.45. The summed E-state index contributed by atoms with van der Waals surface area (Å²) in [4.78, 5) is 17.9. The fourth-order valence-corrected chi connectivity index (χ4v) is 1.16. The lowest BCUT2D eigenvalue weighted by atomic mass is 10.2. The topological polar surface area (TPSA) is 63.1 Å². The van der Waals surface area contributed by atoms with Crippen LogP contribution in [0.2, 0.25) is 5.15 Å². The molecule has 4 nitrogen and oxygen atoms in total. The molecule has 0 spiro atoms. The van der Waals surface area contributed by atoms with Crippen molar-refractivity contribution in [2.24, 2.45) is 0 Å². The highest BCUT2D eigenvalue weighted by atomic mass is 35.5. The molecule has 0 saturated heterocycles. The minimum atomic E-state index is -1.07. The summed E-state index contributed by atoms with van der Waals surface area (Å²) in [7, 11) is 0. The number of hydrogen-bond acceptors (Lipinski definition) is 3. The van der Waals surface area contributed by atoms with E-state index in [1.165, 1.54) is 0 Å². The molecule has 0 bridgehead atoms. The van der Waals surface area contributed by atoms with Crippen molar-refractivity contribution in [3.05, 3.63) is 22.7 Å². The predicted molar refractivity (Wildman–Crippen MR) is 43.4 cm³/mol. The van der Waals surface area contributed by atoms with E-state index in [4.69, 9.17) is 16.7 Å². The minimum Gasteiger partial charge on any atom is -0.476 e. The highest BCUT2D eigenvalue weighted by Crippen LogP contribution is 2.15.